The normalized spacial score (nSPS) is 22.7. The monoisotopic (exact) mass is 386 g/mol. The predicted octanol–water partition coefficient (Wildman–Crippen LogP) is 4.20. The molecule has 0 saturated carbocycles. The largest absolute Gasteiger partial charge is 0.466 e. The average Bonchev–Trinajstić information content (AvgIpc) is 2.94. The molecule has 2 heterocycles. The van der Waals surface area contributed by atoms with Gasteiger partial charge in [0.1, 0.15) is 0 Å². The Balaban J connectivity index is 2.12. The molecule has 0 unspecified atom stereocenters. The number of thioether (sulfide) groups is 1. The second-order valence-electron chi connectivity index (χ2n) is 7.88. The Morgan fingerprint density at radius 3 is 2.41 bits per heavy atom. The zero-order valence-electron chi connectivity index (χ0n) is 16.7. The molecule has 0 radical (unpaired) electrons. The number of rotatable bonds is 3. The van der Waals surface area contributed by atoms with Crippen LogP contribution in [0.4, 0.5) is 0 Å². The van der Waals surface area contributed by atoms with Crippen LogP contribution in [0.2, 0.25) is 0 Å². The summed E-state index contributed by atoms with van der Waals surface area (Å²) in [5.41, 5.74) is 3.15. The summed E-state index contributed by atoms with van der Waals surface area (Å²) in [4.78, 5) is 31.7. The van der Waals surface area contributed by atoms with Gasteiger partial charge in [-0.25, -0.2) is 9.79 Å². The van der Waals surface area contributed by atoms with Crippen LogP contribution in [0.15, 0.2) is 40.5 Å². The molecule has 1 saturated heterocycles. The van der Waals surface area contributed by atoms with Crippen molar-refractivity contribution in [1.82, 2.24) is 4.90 Å². The highest BCUT2D eigenvalue weighted by Crippen LogP contribution is 2.44. The number of carbonyl (C=O) groups is 2. The fourth-order valence-electron chi connectivity index (χ4n) is 3.44. The van der Waals surface area contributed by atoms with Crippen molar-refractivity contribution in [2.45, 2.75) is 57.7 Å². The van der Waals surface area contributed by atoms with Crippen molar-refractivity contribution in [2.24, 2.45) is 4.99 Å². The van der Waals surface area contributed by atoms with Crippen molar-refractivity contribution in [2.75, 3.05) is 7.11 Å². The van der Waals surface area contributed by atoms with Gasteiger partial charge in [-0.05, 0) is 29.9 Å². The van der Waals surface area contributed by atoms with Gasteiger partial charge in [-0.3, -0.25) is 9.69 Å². The maximum Gasteiger partial charge on any atom is 0.338 e. The number of ether oxygens (including phenoxy) is 1. The number of nitrogens with zero attached hydrogens (tertiary/aromatic N) is 2. The fraction of sp³-hybridized carbons (Fsp3) is 0.476. The van der Waals surface area contributed by atoms with Crippen LogP contribution in [0.1, 0.15) is 58.2 Å². The Bertz CT molecular complexity index is 834. The van der Waals surface area contributed by atoms with Gasteiger partial charge in [0.2, 0.25) is 5.91 Å². The van der Waals surface area contributed by atoms with Crippen molar-refractivity contribution in [3.63, 3.8) is 0 Å². The summed E-state index contributed by atoms with van der Waals surface area (Å²) in [5.74, 6) is -0.446. The van der Waals surface area contributed by atoms with E-state index in [0.717, 1.165) is 12.0 Å². The minimum Gasteiger partial charge on any atom is -0.466 e. The fourth-order valence-corrected chi connectivity index (χ4v) is 4.57. The van der Waals surface area contributed by atoms with Gasteiger partial charge in [0.25, 0.3) is 0 Å². The zero-order valence-corrected chi connectivity index (χ0v) is 17.5. The maximum atomic E-state index is 13.0. The van der Waals surface area contributed by atoms with Crippen LogP contribution >= 0.6 is 11.8 Å². The van der Waals surface area contributed by atoms with Crippen molar-refractivity contribution >= 4 is 28.8 Å². The summed E-state index contributed by atoms with van der Waals surface area (Å²) in [6.45, 7) is 10.3. The van der Waals surface area contributed by atoms with E-state index >= 15 is 0 Å². The first kappa shape index (κ1) is 19.7. The lowest BCUT2D eigenvalue weighted by atomic mass is 9.85. The number of fused-ring (bicyclic) bond motifs is 1. The smallest absolute Gasteiger partial charge is 0.338 e. The molecule has 1 amide bonds. The van der Waals surface area contributed by atoms with Crippen LogP contribution in [-0.4, -0.2) is 34.3 Å². The quantitative estimate of drug-likeness (QED) is 0.731. The van der Waals surface area contributed by atoms with E-state index < -0.39 is 12.0 Å². The lowest BCUT2D eigenvalue weighted by molar-refractivity contribution is -0.137. The summed E-state index contributed by atoms with van der Waals surface area (Å²) >= 11 is 1.47. The molecule has 5 nitrogen and oxygen atoms in total. The average molecular weight is 387 g/mol. The first-order valence-electron chi connectivity index (χ1n) is 9.17. The van der Waals surface area contributed by atoms with Gasteiger partial charge in [0, 0.05) is 0 Å². The number of benzene rings is 1. The number of esters is 1. The number of carbonyl (C=O) groups excluding carboxylic acids is 2. The van der Waals surface area contributed by atoms with E-state index in [0.29, 0.717) is 16.4 Å². The molecule has 6 heteroatoms. The van der Waals surface area contributed by atoms with Gasteiger partial charge in [-0.2, -0.15) is 0 Å². The van der Waals surface area contributed by atoms with Gasteiger partial charge in [-0.15, -0.1) is 0 Å². The second kappa shape index (κ2) is 7.15. The number of allylic oxidation sites excluding steroid dienone is 1. The molecule has 1 aromatic rings. The minimum absolute atomic E-state index is 0.0000472. The Hall–Kier alpha value is -2.08. The predicted molar refractivity (Wildman–Crippen MR) is 109 cm³/mol. The van der Waals surface area contributed by atoms with E-state index in [9.17, 15) is 9.59 Å². The molecule has 0 aromatic heterocycles. The van der Waals surface area contributed by atoms with Crippen molar-refractivity contribution in [3.8, 4) is 0 Å². The molecule has 1 aromatic carbocycles. The third-order valence-corrected chi connectivity index (χ3v) is 6.34. The molecule has 2 aliphatic heterocycles. The number of hydrogen-bond donors (Lipinski definition) is 0. The first-order chi connectivity index (χ1) is 12.7. The summed E-state index contributed by atoms with van der Waals surface area (Å²) < 4.78 is 5.02. The van der Waals surface area contributed by atoms with Gasteiger partial charge in [-0.1, -0.05) is 63.7 Å². The molecule has 0 aliphatic carbocycles. The second-order valence-corrected chi connectivity index (χ2v) is 9.05. The molecule has 144 valence electrons. The van der Waals surface area contributed by atoms with Gasteiger partial charge >= 0.3 is 5.97 Å². The van der Waals surface area contributed by atoms with Crippen molar-refractivity contribution in [3.05, 3.63) is 46.7 Å². The summed E-state index contributed by atoms with van der Waals surface area (Å²) in [6.07, 6.45) is 0.724. The van der Waals surface area contributed by atoms with Gasteiger partial charge in [0.05, 0.1) is 29.7 Å². The third kappa shape index (κ3) is 3.43. The van der Waals surface area contributed by atoms with Crippen LogP contribution in [0.25, 0.3) is 0 Å². The van der Waals surface area contributed by atoms with E-state index in [1.165, 1.54) is 24.4 Å². The van der Waals surface area contributed by atoms with Crippen molar-refractivity contribution in [1.29, 1.82) is 0 Å². The molecule has 0 N–H and O–H groups in total. The Morgan fingerprint density at radius 1 is 1.26 bits per heavy atom. The summed E-state index contributed by atoms with van der Waals surface area (Å²) in [7, 11) is 1.36. The topological polar surface area (TPSA) is 59.0 Å². The van der Waals surface area contributed by atoms with E-state index in [1.807, 2.05) is 19.1 Å². The minimum atomic E-state index is -0.504. The van der Waals surface area contributed by atoms with E-state index in [1.54, 1.807) is 11.8 Å². The first-order valence-corrected chi connectivity index (χ1v) is 10.0. The highest BCUT2D eigenvalue weighted by atomic mass is 32.2. The lowest BCUT2D eigenvalue weighted by Crippen LogP contribution is -2.40. The van der Waals surface area contributed by atoms with E-state index in [2.05, 4.69) is 37.9 Å². The van der Waals surface area contributed by atoms with E-state index in [4.69, 9.17) is 4.74 Å². The number of aliphatic imine (C=N–C) groups is 1. The SMILES string of the molecule is CC[C@@H]1SC2=NC(C)=C(C(=O)OC)[C@H](c3ccc(C(C)(C)C)cc3)N2C1=O. The third-order valence-electron chi connectivity index (χ3n) is 5.02. The molecular weight excluding hydrogens is 360 g/mol. The van der Waals surface area contributed by atoms with E-state index in [-0.39, 0.29) is 16.6 Å². The summed E-state index contributed by atoms with van der Waals surface area (Å²) in [6, 6.07) is 7.63. The number of amidine groups is 1. The van der Waals surface area contributed by atoms with Crippen LogP contribution < -0.4 is 0 Å². The number of hydrogen-bond acceptors (Lipinski definition) is 5. The van der Waals surface area contributed by atoms with Crippen molar-refractivity contribution < 1.29 is 14.3 Å². The van der Waals surface area contributed by atoms with Crippen LogP contribution in [-0.2, 0) is 19.7 Å². The molecule has 3 rings (SSSR count). The molecule has 27 heavy (non-hydrogen) atoms. The Labute approximate surface area is 164 Å². The zero-order chi connectivity index (χ0) is 19.9. The molecule has 2 atom stereocenters. The highest BCUT2D eigenvalue weighted by Gasteiger charge is 2.47. The van der Waals surface area contributed by atoms with Gasteiger partial charge in [0.15, 0.2) is 5.17 Å². The summed E-state index contributed by atoms with van der Waals surface area (Å²) in [5, 5.41) is 0.506. The lowest BCUT2D eigenvalue weighted by Gasteiger charge is -2.33. The molecule has 0 bridgehead atoms. The van der Waals surface area contributed by atoms with Crippen LogP contribution in [0.3, 0.4) is 0 Å². The standard InChI is InChI=1S/C21H26N2O3S/c1-7-15-18(24)23-17(13-8-10-14(11-9-13)21(3,4)5)16(19(25)26-6)12(2)22-20(23)27-15/h8-11,15,17H,7H2,1-6H3/t15-,17-/m0/s1. The molecule has 1 fully saturated rings. The highest BCUT2D eigenvalue weighted by molar-refractivity contribution is 8.15. The molecular formula is C21H26N2O3S. The number of methoxy groups -OCH3 is 1. The van der Waals surface area contributed by atoms with Crippen LogP contribution in [0, 0.1) is 0 Å². The Morgan fingerprint density at radius 2 is 1.89 bits per heavy atom. The van der Waals surface area contributed by atoms with Crippen LogP contribution in [0.5, 0.6) is 0 Å². The van der Waals surface area contributed by atoms with Gasteiger partial charge < -0.3 is 4.74 Å². The Kier molecular flexibility index (Phi) is 5.21. The number of amides is 1. The molecule has 0 spiro atoms. The maximum absolute atomic E-state index is 13.0. The molecule has 2 aliphatic rings.